The average molecular weight is 383 g/mol. The molecule has 1 unspecified atom stereocenters. The van der Waals surface area contributed by atoms with Crippen LogP contribution in [0, 0.1) is 12.7 Å². The molecule has 2 heterocycles. The zero-order chi connectivity index (χ0) is 19.8. The summed E-state index contributed by atoms with van der Waals surface area (Å²) < 4.78 is 18.5. The van der Waals surface area contributed by atoms with Crippen molar-refractivity contribution in [3.63, 3.8) is 0 Å². The standard InChI is InChI=1S/C20H18FN3O4/c1-10-18-14(8-15(11-2-3-11)23-20(18)28-24-10)19(27)22-16(9-17(25)26)12-4-6-13(21)7-5-12/h4-8,11,16H,2-3,9H2,1H3,(H,22,27)(H,25,26). The number of aryl methyl sites for hydroxylation is 1. The van der Waals surface area contributed by atoms with Gasteiger partial charge < -0.3 is 14.9 Å². The van der Waals surface area contributed by atoms with E-state index < -0.39 is 23.7 Å². The fourth-order valence-electron chi connectivity index (χ4n) is 3.24. The number of aromatic nitrogens is 2. The third kappa shape index (κ3) is 3.58. The number of carbonyl (C=O) groups excluding carboxylic acids is 1. The molecule has 1 atom stereocenters. The van der Waals surface area contributed by atoms with Crippen molar-refractivity contribution in [2.75, 3.05) is 0 Å². The number of hydrogen-bond acceptors (Lipinski definition) is 5. The predicted octanol–water partition coefficient (Wildman–Crippen LogP) is 3.49. The predicted molar refractivity (Wildman–Crippen MR) is 97.4 cm³/mol. The van der Waals surface area contributed by atoms with Crippen molar-refractivity contribution < 1.29 is 23.6 Å². The van der Waals surface area contributed by atoms with Crippen molar-refractivity contribution in [2.24, 2.45) is 0 Å². The molecular formula is C20H18FN3O4. The van der Waals surface area contributed by atoms with Crippen molar-refractivity contribution >= 4 is 23.0 Å². The molecule has 28 heavy (non-hydrogen) atoms. The SMILES string of the molecule is Cc1noc2nc(C3CC3)cc(C(=O)NC(CC(=O)O)c3ccc(F)cc3)c12. The summed E-state index contributed by atoms with van der Waals surface area (Å²) in [5, 5.41) is 16.4. The topological polar surface area (TPSA) is 105 Å². The maximum atomic E-state index is 13.2. The number of amides is 1. The van der Waals surface area contributed by atoms with E-state index in [1.165, 1.54) is 24.3 Å². The normalized spacial score (nSPS) is 14.8. The summed E-state index contributed by atoms with van der Waals surface area (Å²) >= 11 is 0. The summed E-state index contributed by atoms with van der Waals surface area (Å²) in [6.07, 6.45) is 1.68. The second-order valence-electron chi connectivity index (χ2n) is 6.99. The molecule has 1 aliphatic rings. The third-order valence-corrected chi connectivity index (χ3v) is 4.83. The summed E-state index contributed by atoms with van der Waals surface area (Å²) in [5.41, 5.74) is 2.45. The Morgan fingerprint density at radius 3 is 2.68 bits per heavy atom. The van der Waals surface area contributed by atoms with Gasteiger partial charge in [0, 0.05) is 11.6 Å². The second-order valence-corrected chi connectivity index (χ2v) is 6.99. The molecule has 3 aromatic rings. The number of hydrogen-bond donors (Lipinski definition) is 2. The Hall–Kier alpha value is -3.29. The van der Waals surface area contributed by atoms with E-state index >= 15 is 0 Å². The fraction of sp³-hybridized carbons (Fsp3) is 0.300. The van der Waals surface area contributed by atoms with Gasteiger partial charge in [0.15, 0.2) is 0 Å². The van der Waals surface area contributed by atoms with E-state index in [0.29, 0.717) is 33.8 Å². The number of rotatable bonds is 6. The van der Waals surface area contributed by atoms with Crippen LogP contribution in [0.5, 0.6) is 0 Å². The van der Waals surface area contributed by atoms with Gasteiger partial charge in [0.1, 0.15) is 5.82 Å². The Balaban J connectivity index is 1.70. The van der Waals surface area contributed by atoms with Crippen LogP contribution < -0.4 is 5.32 Å². The van der Waals surface area contributed by atoms with E-state index in [1.54, 1.807) is 13.0 Å². The molecule has 0 spiro atoms. The first kappa shape index (κ1) is 18.1. The number of pyridine rings is 1. The highest BCUT2D eigenvalue weighted by atomic mass is 19.1. The molecule has 144 valence electrons. The largest absolute Gasteiger partial charge is 0.481 e. The molecule has 0 radical (unpaired) electrons. The fourth-order valence-corrected chi connectivity index (χ4v) is 3.24. The third-order valence-electron chi connectivity index (χ3n) is 4.83. The number of fused-ring (bicyclic) bond motifs is 1. The maximum absolute atomic E-state index is 13.2. The van der Waals surface area contributed by atoms with Gasteiger partial charge in [0.25, 0.3) is 11.6 Å². The quantitative estimate of drug-likeness (QED) is 0.675. The van der Waals surface area contributed by atoms with Crippen LogP contribution in [0.25, 0.3) is 11.1 Å². The van der Waals surface area contributed by atoms with Gasteiger partial charge in [0.05, 0.1) is 29.1 Å². The van der Waals surface area contributed by atoms with E-state index in [9.17, 15) is 19.1 Å². The minimum absolute atomic E-state index is 0.295. The number of carboxylic acid groups (broad SMARTS) is 1. The van der Waals surface area contributed by atoms with Crippen LogP contribution in [0.1, 0.15) is 58.5 Å². The van der Waals surface area contributed by atoms with Crippen molar-refractivity contribution in [1.29, 1.82) is 0 Å². The van der Waals surface area contributed by atoms with Crippen LogP contribution in [0.15, 0.2) is 34.9 Å². The molecular weight excluding hydrogens is 365 g/mol. The highest BCUT2D eigenvalue weighted by molar-refractivity contribution is 6.06. The van der Waals surface area contributed by atoms with Crippen LogP contribution in [0.4, 0.5) is 4.39 Å². The van der Waals surface area contributed by atoms with Crippen LogP contribution in [0.2, 0.25) is 0 Å². The molecule has 0 bridgehead atoms. The summed E-state index contributed by atoms with van der Waals surface area (Å²) in [7, 11) is 0. The summed E-state index contributed by atoms with van der Waals surface area (Å²) in [4.78, 5) is 28.8. The number of nitrogens with zero attached hydrogens (tertiary/aromatic N) is 2. The van der Waals surface area contributed by atoms with Gasteiger partial charge in [-0.1, -0.05) is 17.3 Å². The molecule has 1 saturated carbocycles. The van der Waals surface area contributed by atoms with Crippen LogP contribution >= 0.6 is 0 Å². The summed E-state index contributed by atoms with van der Waals surface area (Å²) in [6, 6.07) is 6.31. The molecule has 1 aromatic carbocycles. The maximum Gasteiger partial charge on any atom is 0.305 e. The molecule has 1 fully saturated rings. The van der Waals surface area contributed by atoms with E-state index in [1.807, 2.05) is 0 Å². The summed E-state index contributed by atoms with van der Waals surface area (Å²) in [5.74, 6) is -1.66. The lowest BCUT2D eigenvalue weighted by atomic mass is 10.0. The first-order chi connectivity index (χ1) is 13.4. The van der Waals surface area contributed by atoms with Gasteiger partial charge in [-0.25, -0.2) is 9.37 Å². The second kappa shape index (κ2) is 7.03. The van der Waals surface area contributed by atoms with Gasteiger partial charge in [-0.15, -0.1) is 0 Å². The Morgan fingerprint density at radius 2 is 2.04 bits per heavy atom. The van der Waals surface area contributed by atoms with Crippen LogP contribution in [0.3, 0.4) is 0 Å². The molecule has 2 aromatic heterocycles. The van der Waals surface area contributed by atoms with E-state index in [4.69, 9.17) is 4.52 Å². The summed E-state index contributed by atoms with van der Waals surface area (Å²) in [6.45, 7) is 1.72. The monoisotopic (exact) mass is 383 g/mol. The lowest BCUT2D eigenvalue weighted by Crippen LogP contribution is -2.30. The molecule has 7 nitrogen and oxygen atoms in total. The van der Waals surface area contributed by atoms with E-state index in [2.05, 4.69) is 15.5 Å². The number of benzene rings is 1. The first-order valence-electron chi connectivity index (χ1n) is 8.97. The molecule has 0 saturated heterocycles. The Morgan fingerprint density at radius 1 is 1.32 bits per heavy atom. The first-order valence-corrected chi connectivity index (χ1v) is 8.97. The lowest BCUT2D eigenvalue weighted by molar-refractivity contribution is -0.137. The average Bonchev–Trinajstić information content (AvgIpc) is 3.44. The minimum Gasteiger partial charge on any atom is -0.481 e. The highest BCUT2D eigenvalue weighted by Crippen LogP contribution is 2.40. The zero-order valence-corrected chi connectivity index (χ0v) is 15.1. The van der Waals surface area contributed by atoms with E-state index in [-0.39, 0.29) is 6.42 Å². The number of carbonyl (C=O) groups is 2. The van der Waals surface area contributed by atoms with Crippen molar-refractivity contribution in [1.82, 2.24) is 15.5 Å². The molecule has 1 aliphatic carbocycles. The zero-order valence-electron chi connectivity index (χ0n) is 15.1. The number of aliphatic carboxylic acids is 1. The molecule has 0 aliphatic heterocycles. The molecule has 8 heteroatoms. The Labute approximate surface area is 159 Å². The van der Waals surface area contributed by atoms with Crippen molar-refractivity contribution in [2.45, 2.75) is 38.1 Å². The number of nitrogens with one attached hydrogen (secondary N) is 1. The van der Waals surface area contributed by atoms with Gasteiger partial charge in [-0.05, 0) is 43.5 Å². The van der Waals surface area contributed by atoms with Crippen molar-refractivity contribution in [3.05, 3.63) is 58.7 Å². The lowest BCUT2D eigenvalue weighted by Gasteiger charge is -2.18. The van der Waals surface area contributed by atoms with Crippen LogP contribution in [-0.2, 0) is 4.79 Å². The molecule has 4 rings (SSSR count). The minimum atomic E-state index is -1.07. The molecule has 2 N–H and O–H groups in total. The highest BCUT2D eigenvalue weighted by Gasteiger charge is 2.29. The molecule has 1 amide bonds. The number of carboxylic acids is 1. The Bertz CT molecular complexity index is 1060. The van der Waals surface area contributed by atoms with Gasteiger partial charge in [0.2, 0.25) is 0 Å². The number of halogens is 1. The van der Waals surface area contributed by atoms with Gasteiger partial charge >= 0.3 is 5.97 Å². The van der Waals surface area contributed by atoms with Crippen molar-refractivity contribution in [3.8, 4) is 0 Å². The van der Waals surface area contributed by atoms with Gasteiger partial charge in [-0.3, -0.25) is 9.59 Å². The van der Waals surface area contributed by atoms with Crippen LogP contribution in [-0.4, -0.2) is 27.1 Å². The smallest absolute Gasteiger partial charge is 0.305 e. The van der Waals surface area contributed by atoms with Gasteiger partial charge in [-0.2, -0.15) is 0 Å². The Kier molecular flexibility index (Phi) is 4.54. The van der Waals surface area contributed by atoms with E-state index in [0.717, 1.165) is 18.5 Å².